The monoisotopic (exact) mass is 273 g/mol. The molecule has 0 saturated carbocycles. The zero-order valence-electron chi connectivity index (χ0n) is 10.6. The minimum atomic E-state index is -0.112. The molecular formula is C11H20ClN5O. The van der Waals surface area contributed by atoms with Crippen LogP contribution in [0.2, 0.25) is 0 Å². The molecule has 0 aromatic carbocycles. The third kappa shape index (κ3) is 5.18. The van der Waals surface area contributed by atoms with Gasteiger partial charge in [-0.2, -0.15) is 0 Å². The number of rotatable bonds is 5. The van der Waals surface area contributed by atoms with Crippen molar-refractivity contribution in [2.24, 2.45) is 16.5 Å². The number of aromatic nitrogens is 2. The summed E-state index contributed by atoms with van der Waals surface area (Å²) in [7, 11) is 0. The third-order valence-corrected chi connectivity index (χ3v) is 2.31. The lowest BCUT2D eigenvalue weighted by molar-refractivity contribution is 0.758. The van der Waals surface area contributed by atoms with Crippen molar-refractivity contribution in [3.63, 3.8) is 0 Å². The van der Waals surface area contributed by atoms with Crippen molar-refractivity contribution in [2.75, 3.05) is 6.54 Å². The lowest BCUT2D eigenvalue weighted by Gasteiger charge is -2.04. The second-order valence-corrected chi connectivity index (χ2v) is 4.19. The van der Waals surface area contributed by atoms with E-state index in [2.05, 4.69) is 15.0 Å². The van der Waals surface area contributed by atoms with Gasteiger partial charge in [-0.1, -0.05) is 13.8 Å². The highest BCUT2D eigenvalue weighted by Crippen LogP contribution is 2.05. The molecular weight excluding hydrogens is 254 g/mol. The van der Waals surface area contributed by atoms with Gasteiger partial charge in [0, 0.05) is 24.4 Å². The van der Waals surface area contributed by atoms with E-state index in [1.807, 2.05) is 13.8 Å². The fraction of sp³-hybridized carbons (Fsp3) is 0.545. The molecule has 5 N–H and O–H groups in total. The Balaban J connectivity index is 0.00000289. The maximum Gasteiger partial charge on any atom is 0.270 e. The van der Waals surface area contributed by atoms with Gasteiger partial charge < -0.3 is 16.5 Å². The van der Waals surface area contributed by atoms with Crippen LogP contribution in [0.3, 0.4) is 0 Å². The molecule has 0 aliphatic rings. The molecule has 0 radical (unpaired) electrons. The smallest absolute Gasteiger partial charge is 0.270 e. The summed E-state index contributed by atoms with van der Waals surface area (Å²) >= 11 is 0. The SMILES string of the molecule is CC(C)c1ncc(CCCN=C(N)N)[nH]c1=O.Cl. The van der Waals surface area contributed by atoms with Crippen LogP contribution in [0.4, 0.5) is 0 Å². The van der Waals surface area contributed by atoms with Gasteiger partial charge in [-0.05, 0) is 12.8 Å². The Labute approximate surface area is 112 Å². The Morgan fingerprint density at radius 1 is 1.50 bits per heavy atom. The first-order chi connectivity index (χ1) is 8.00. The number of hydrogen-bond acceptors (Lipinski definition) is 3. The fourth-order valence-corrected chi connectivity index (χ4v) is 1.46. The first-order valence-corrected chi connectivity index (χ1v) is 5.64. The molecule has 0 atom stereocenters. The van der Waals surface area contributed by atoms with Gasteiger partial charge in [0.05, 0.1) is 0 Å². The summed E-state index contributed by atoms with van der Waals surface area (Å²) in [6.45, 7) is 4.43. The van der Waals surface area contributed by atoms with E-state index < -0.39 is 0 Å². The van der Waals surface area contributed by atoms with Gasteiger partial charge in [-0.3, -0.25) is 14.8 Å². The van der Waals surface area contributed by atoms with E-state index in [0.29, 0.717) is 18.7 Å². The molecule has 0 spiro atoms. The van der Waals surface area contributed by atoms with Gasteiger partial charge >= 0.3 is 0 Å². The Bertz CT molecular complexity index is 451. The number of aryl methyl sites for hydroxylation is 1. The van der Waals surface area contributed by atoms with Crippen LogP contribution in [0.1, 0.15) is 37.6 Å². The average Bonchev–Trinajstić information content (AvgIpc) is 2.23. The molecule has 102 valence electrons. The Morgan fingerprint density at radius 3 is 2.67 bits per heavy atom. The Kier molecular flexibility index (Phi) is 7.04. The van der Waals surface area contributed by atoms with Gasteiger partial charge in [0.1, 0.15) is 5.69 Å². The molecule has 0 bridgehead atoms. The molecule has 0 unspecified atom stereocenters. The number of aliphatic imine (C=N–C) groups is 1. The minimum Gasteiger partial charge on any atom is -0.370 e. The minimum absolute atomic E-state index is 0. The highest BCUT2D eigenvalue weighted by molar-refractivity contribution is 5.85. The topological polar surface area (TPSA) is 110 Å². The van der Waals surface area contributed by atoms with Crippen molar-refractivity contribution < 1.29 is 0 Å². The molecule has 0 aliphatic heterocycles. The highest BCUT2D eigenvalue weighted by atomic mass is 35.5. The maximum atomic E-state index is 11.6. The second-order valence-electron chi connectivity index (χ2n) is 4.19. The number of nitrogens with one attached hydrogen (secondary N) is 1. The normalized spacial score (nSPS) is 9.94. The van der Waals surface area contributed by atoms with Crippen LogP contribution in [0, 0.1) is 0 Å². The summed E-state index contributed by atoms with van der Waals surface area (Å²) in [5.74, 6) is 0.223. The molecule has 0 fully saturated rings. The van der Waals surface area contributed by atoms with Crippen LogP contribution in [0.25, 0.3) is 0 Å². The molecule has 1 aromatic heterocycles. The van der Waals surface area contributed by atoms with Crippen molar-refractivity contribution in [1.29, 1.82) is 0 Å². The van der Waals surface area contributed by atoms with Crippen LogP contribution in [-0.2, 0) is 6.42 Å². The number of nitrogens with zero attached hydrogens (tertiary/aromatic N) is 2. The summed E-state index contributed by atoms with van der Waals surface area (Å²) < 4.78 is 0. The predicted octanol–water partition coefficient (Wildman–Crippen LogP) is 0.521. The van der Waals surface area contributed by atoms with Crippen molar-refractivity contribution >= 4 is 18.4 Å². The quantitative estimate of drug-likeness (QED) is 0.413. The standard InChI is InChI=1S/C11H19N5O.ClH/c1-7(2)9-10(17)16-8(6-15-9)4-3-5-14-11(12)13;/h6-7H,3-5H2,1-2H3,(H,16,17)(H4,12,13,14);1H. The van der Waals surface area contributed by atoms with Crippen molar-refractivity contribution in [3.05, 3.63) is 27.9 Å². The fourth-order valence-electron chi connectivity index (χ4n) is 1.46. The number of hydrogen-bond donors (Lipinski definition) is 3. The third-order valence-electron chi connectivity index (χ3n) is 2.31. The van der Waals surface area contributed by atoms with Crippen molar-refractivity contribution in [1.82, 2.24) is 9.97 Å². The molecule has 0 aliphatic carbocycles. The van der Waals surface area contributed by atoms with Crippen LogP contribution in [0.15, 0.2) is 16.0 Å². The van der Waals surface area contributed by atoms with E-state index in [9.17, 15) is 4.79 Å². The summed E-state index contributed by atoms with van der Waals surface area (Å²) in [5, 5.41) is 0. The zero-order chi connectivity index (χ0) is 12.8. The molecule has 18 heavy (non-hydrogen) atoms. The molecule has 6 nitrogen and oxygen atoms in total. The summed E-state index contributed by atoms with van der Waals surface area (Å²) in [5.41, 5.74) is 11.7. The number of guanidine groups is 1. The molecule has 1 rings (SSSR count). The molecule has 1 aromatic rings. The predicted molar refractivity (Wildman–Crippen MR) is 75.2 cm³/mol. The van der Waals surface area contributed by atoms with E-state index >= 15 is 0 Å². The van der Waals surface area contributed by atoms with Crippen molar-refractivity contribution in [2.45, 2.75) is 32.6 Å². The van der Waals surface area contributed by atoms with E-state index in [1.54, 1.807) is 6.20 Å². The van der Waals surface area contributed by atoms with E-state index in [1.165, 1.54) is 0 Å². The summed E-state index contributed by atoms with van der Waals surface area (Å²) in [6.07, 6.45) is 3.18. The lowest BCUT2D eigenvalue weighted by atomic mass is 10.1. The summed E-state index contributed by atoms with van der Waals surface area (Å²) in [6, 6.07) is 0. The number of halogens is 1. The molecule has 0 amide bonds. The van der Waals surface area contributed by atoms with Crippen LogP contribution >= 0.6 is 12.4 Å². The second kappa shape index (κ2) is 7.71. The average molecular weight is 274 g/mol. The van der Waals surface area contributed by atoms with Crippen LogP contribution in [0.5, 0.6) is 0 Å². The number of aromatic amines is 1. The number of nitrogens with two attached hydrogens (primary N) is 2. The molecule has 7 heteroatoms. The lowest BCUT2D eigenvalue weighted by Crippen LogP contribution is -2.23. The molecule has 1 heterocycles. The van der Waals surface area contributed by atoms with Gasteiger partial charge in [0.15, 0.2) is 5.96 Å². The van der Waals surface area contributed by atoms with Gasteiger partial charge in [0.25, 0.3) is 5.56 Å². The largest absolute Gasteiger partial charge is 0.370 e. The van der Waals surface area contributed by atoms with E-state index in [0.717, 1.165) is 12.1 Å². The van der Waals surface area contributed by atoms with Gasteiger partial charge in [-0.25, -0.2) is 0 Å². The van der Waals surface area contributed by atoms with Crippen molar-refractivity contribution in [3.8, 4) is 0 Å². The van der Waals surface area contributed by atoms with Gasteiger partial charge in [-0.15, -0.1) is 12.4 Å². The first kappa shape index (κ1) is 16.4. The van der Waals surface area contributed by atoms with E-state index in [4.69, 9.17) is 11.5 Å². The number of H-pyrrole nitrogens is 1. The first-order valence-electron chi connectivity index (χ1n) is 5.64. The zero-order valence-corrected chi connectivity index (χ0v) is 11.5. The van der Waals surface area contributed by atoms with E-state index in [-0.39, 0.29) is 29.8 Å². The Hall–Kier alpha value is -1.56. The maximum absolute atomic E-state index is 11.6. The Morgan fingerprint density at radius 2 is 2.17 bits per heavy atom. The molecule has 0 saturated heterocycles. The van der Waals surface area contributed by atoms with Crippen LogP contribution < -0.4 is 17.0 Å². The highest BCUT2D eigenvalue weighted by Gasteiger charge is 2.06. The van der Waals surface area contributed by atoms with Gasteiger partial charge in [0.2, 0.25) is 0 Å². The van der Waals surface area contributed by atoms with Crippen LogP contribution in [-0.4, -0.2) is 22.5 Å². The summed E-state index contributed by atoms with van der Waals surface area (Å²) in [4.78, 5) is 22.5.